The first-order valence-corrected chi connectivity index (χ1v) is 13.6. The normalized spacial score (nSPS) is 25.8. The van der Waals surface area contributed by atoms with Gasteiger partial charge in [-0.05, 0) is 47.5 Å². The van der Waals surface area contributed by atoms with E-state index in [4.69, 9.17) is 37.5 Å². The zero-order valence-corrected chi connectivity index (χ0v) is 22.7. The summed E-state index contributed by atoms with van der Waals surface area (Å²) in [7, 11) is -2.63. The van der Waals surface area contributed by atoms with Crippen molar-refractivity contribution in [2.24, 2.45) is 5.92 Å². The Kier molecular flexibility index (Phi) is 11.6. The summed E-state index contributed by atoms with van der Waals surface area (Å²) in [4.78, 5) is 38.4. The van der Waals surface area contributed by atoms with Gasteiger partial charge in [0, 0.05) is 25.6 Å². The molecule has 1 unspecified atom stereocenters. The van der Waals surface area contributed by atoms with Crippen molar-refractivity contribution >= 4 is 25.7 Å². The summed E-state index contributed by atoms with van der Waals surface area (Å²) in [5, 5.41) is 0. The second kappa shape index (κ2) is 13.7. The highest BCUT2D eigenvalue weighted by Gasteiger charge is 2.56. The van der Waals surface area contributed by atoms with E-state index >= 15 is 0 Å². The molecule has 3 fully saturated rings. The minimum absolute atomic E-state index is 0.0184. The van der Waals surface area contributed by atoms with Gasteiger partial charge in [0.25, 0.3) is 0 Å². The van der Waals surface area contributed by atoms with Crippen LogP contribution in [0.2, 0.25) is 0 Å². The molecule has 0 aromatic rings. The van der Waals surface area contributed by atoms with Crippen molar-refractivity contribution in [1.29, 1.82) is 0 Å². The predicted molar refractivity (Wildman–Crippen MR) is 124 cm³/mol. The van der Waals surface area contributed by atoms with Crippen molar-refractivity contribution in [2.75, 3.05) is 46.8 Å². The van der Waals surface area contributed by atoms with E-state index in [1.807, 2.05) is 6.92 Å². The van der Waals surface area contributed by atoms with Gasteiger partial charge in [-0.15, -0.1) is 0 Å². The van der Waals surface area contributed by atoms with Crippen molar-refractivity contribution < 1.29 is 56.4 Å². The van der Waals surface area contributed by atoms with Crippen LogP contribution in [0.3, 0.4) is 0 Å². The van der Waals surface area contributed by atoms with Gasteiger partial charge >= 0.3 is 19.9 Å². The molecule has 4 atom stereocenters. The third-order valence-electron chi connectivity index (χ3n) is 5.74. The van der Waals surface area contributed by atoms with E-state index in [0.29, 0.717) is 6.54 Å². The van der Waals surface area contributed by atoms with Gasteiger partial charge in [0.1, 0.15) is 11.9 Å². The Balaban J connectivity index is 2.03. The number of piperidine rings is 3. The standard InChI is InChI=1S/C22H38NO12P/c1-15(2)34-20(25)30-12-32-36(27,33-13-31-21(26)35-16(3)4)14-29-11-22(10-28-6)19(24)18-7-8-23(22)17(5)9-18/h15-18H,7-14H2,1-6H3/t17-,18+,22+/m1/s1. The lowest BCUT2D eigenvalue weighted by Gasteiger charge is -2.55. The van der Waals surface area contributed by atoms with Gasteiger partial charge in [-0.25, -0.2) is 9.59 Å². The molecular formula is C22H38NO12P. The number of nitrogens with zero attached hydrogens (tertiary/aromatic N) is 1. The highest BCUT2D eigenvalue weighted by atomic mass is 31.2. The van der Waals surface area contributed by atoms with Crippen LogP contribution >= 0.6 is 7.60 Å². The molecule has 0 radical (unpaired) electrons. The lowest BCUT2D eigenvalue weighted by molar-refractivity contribution is -0.167. The third-order valence-corrected chi connectivity index (χ3v) is 7.24. The molecule has 0 saturated carbocycles. The number of hydrogen-bond acceptors (Lipinski definition) is 13. The van der Waals surface area contributed by atoms with Gasteiger partial charge in [-0.2, -0.15) is 0 Å². The summed E-state index contributed by atoms with van der Waals surface area (Å²) in [6.07, 6.45) is -1.99. The van der Waals surface area contributed by atoms with Crippen LogP contribution in [0.25, 0.3) is 0 Å². The molecule has 3 saturated heterocycles. The largest absolute Gasteiger partial charge is 0.510 e. The smallest absolute Gasteiger partial charge is 0.432 e. The second-order valence-corrected chi connectivity index (χ2v) is 11.3. The van der Waals surface area contributed by atoms with Crippen LogP contribution in [0.5, 0.6) is 0 Å². The Labute approximate surface area is 211 Å². The van der Waals surface area contributed by atoms with Crippen LogP contribution in [0.1, 0.15) is 47.5 Å². The van der Waals surface area contributed by atoms with E-state index in [1.54, 1.807) is 27.7 Å². The highest BCUT2D eigenvalue weighted by molar-refractivity contribution is 7.53. The first-order chi connectivity index (χ1) is 16.9. The average molecular weight is 540 g/mol. The number of rotatable bonds is 14. The molecule has 0 aromatic heterocycles. The number of hydrogen-bond donors (Lipinski definition) is 0. The fraction of sp³-hybridized carbons (Fsp3) is 0.864. The summed E-state index contributed by atoms with van der Waals surface area (Å²) in [5.41, 5.74) is -1.03. The Hall–Kier alpha value is -1.76. The zero-order valence-electron chi connectivity index (χ0n) is 21.8. The molecule has 0 N–H and O–H groups in total. The van der Waals surface area contributed by atoms with Crippen molar-refractivity contribution in [2.45, 2.75) is 71.2 Å². The molecule has 0 aromatic carbocycles. The lowest BCUT2D eigenvalue weighted by atomic mass is 9.71. The molecule has 14 heteroatoms. The first kappa shape index (κ1) is 30.5. The van der Waals surface area contributed by atoms with Crippen molar-refractivity contribution in [3.05, 3.63) is 0 Å². The molecule has 36 heavy (non-hydrogen) atoms. The van der Waals surface area contributed by atoms with E-state index < -0.39 is 57.6 Å². The summed E-state index contributed by atoms with van der Waals surface area (Å²) in [6, 6.07) is 0.153. The number of ketones is 1. The molecule has 13 nitrogen and oxygen atoms in total. The number of carbonyl (C=O) groups is 3. The maximum Gasteiger partial charge on any atom is 0.510 e. The summed E-state index contributed by atoms with van der Waals surface area (Å²) in [5.74, 6) is -0.0753. The summed E-state index contributed by atoms with van der Waals surface area (Å²) >= 11 is 0. The third kappa shape index (κ3) is 8.39. The molecule has 208 valence electrons. The van der Waals surface area contributed by atoms with Crippen molar-refractivity contribution in [1.82, 2.24) is 4.90 Å². The molecule has 0 amide bonds. The molecular weight excluding hydrogens is 501 g/mol. The van der Waals surface area contributed by atoms with Gasteiger partial charge in [0.05, 0.1) is 25.4 Å². The van der Waals surface area contributed by atoms with E-state index in [2.05, 4.69) is 4.90 Å². The average Bonchev–Trinajstić information content (AvgIpc) is 2.76. The number of Topliss-reactive ketones (excluding diaryl/α,β-unsaturated/α-hetero) is 1. The van der Waals surface area contributed by atoms with E-state index in [-0.39, 0.29) is 31.0 Å². The fourth-order valence-corrected chi connectivity index (χ4v) is 5.32. The number of carbonyl (C=O) groups excluding carboxylic acids is 3. The molecule has 2 bridgehead atoms. The topological polar surface area (TPSA) is 145 Å². The minimum atomic E-state index is -4.13. The van der Waals surface area contributed by atoms with Crippen molar-refractivity contribution in [3.63, 3.8) is 0 Å². The van der Waals surface area contributed by atoms with E-state index in [0.717, 1.165) is 12.8 Å². The quantitative estimate of drug-likeness (QED) is 0.181. The Morgan fingerprint density at radius 1 is 1.03 bits per heavy atom. The Morgan fingerprint density at radius 2 is 1.58 bits per heavy atom. The number of ether oxygens (including phenoxy) is 6. The minimum Gasteiger partial charge on any atom is -0.432 e. The summed E-state index contributed by atoms with van der Waals surface area (Å²) in [6.45, 7) is 7.72. The number of fused-ring (bicyclic) bond motifs is 3. The van der Waals surface area contributed by atoms with E-state index in [1.165, 1.54) is 7.11 Å². The van der Waals surface area contributed by atoms with Crippen LogP contribution in [0, 0.1) is 5.92 Å². The van der Waals surface area contributed by atoms with Crippen molar-refractivity contribution in [3.8, 4) is 0 Å². The fourth-order valence-electron chi connectivity index (χ4n) is 4.36. The monoisotopic (exact) mass is 539 g/mol. The highest BCUT2D eigenvalue weighted by Crippen LogP contribution is 2.49. The SMILES string of the molecule is COC[C@]1(COCP(=O)(OCOC(=O)OC(C)C)OCOC(=O)OC(C)C)C(=O)[C@H]2CCN1[C@H](C)C2. The molecule has 3 rings (SSSR count). The molecule has 3 aliphatic rings. The maximum absolute atomic E-state index is 13.3. The van der Waals surface area contributed by atoms with Gasteiger partial charge in [0.2, 0.25) is 13.6 Å². The van der Waals surface area contributed by atoms with Gasteiger partial charge < -0.3 is 28.4 Å². The first-order valence-electron chi connectivity index (χ1n) is 11.8. The molecule has 3 heterocycles. The summed E-state index contributed by atoms with van der Waals surface area (Å²) < 4.78 is 53.8. The van der Waals surface area contributed by atoms with Gasteiger partial charge in [-0.1, -0.05) is 0 Å². The Morgan fingerprint density at radius 3 is 2.06 bits per heavy atom. The van der Waals surface area contributed by atoms with E-state index in [9.17, 15) is 18.9 Å². The van der Waals surface area contributed by atoms with Crippen LogP contribution in [0.15, 0.2) is 0 Å². The van der Waals surface area contributed by atoms with Crippen LogP contribution in [0.4, 0.5) is 9.59 Å². The number of methoxy groups -OCH3 is 1. The second-order valence-electron chi connectivity index (χ2n) is 9.30. The Bertz CT molecular complexity index is 774. The van der Waals surface area contributed by atoms with Gasteiger partial charge in [0.15, 0.2) is 5.78 Å². The van der Waals surface area contributed by atoms with Crippen LogP contribution in [-0.4, -0.2) is 93.6 Å². The molecule has 0 aliphatic carbocycles. The van der Waals surface area contributed by atoms with Crippen LogP contribution < -0.4 is 0 Å². The lowest BCUT2D eigenvalue weighted by Crippen LogP contribution is -2.71. The molecule has 3 aliphatic heterocycles. The molecule has 0 spiro atoms. The predicted octanol–water partition coefficient (Wildman–Crippen LogP) is 3.29. The maximum atomic E-state index is 13.3. The van der Waals surface area contributed by atoms with Gasteiger partial charge in [-0.3, -0.25) is 23.3 Å². The zero-order chi connectivity index (χ0) is 26.9. The van der Waals surface area contributed by atoms with Crippen LogP contribution in [-0.2, 0) is 46.8 Å².